The van der Waals surface area contributed by atoms with Crippen molar-refractivity contribution in [2.24, 2.45) is 0 Å². The highest BCUT2D eigenvalue weighted by Gasteiger charge is 2.13. The minimum atomic E-state index is 0.642. The minimum Gasteiger partial charge on any atom is -0.383 e. The number of anilines is 1. The van der Waals surface area contributed by atoms with Gasteiger partial charge < -0.3 is 14.4 Å². The van der Waals surface area contributed by atoms with E-state index in [2.05, 4.69) is 30.8 Å². The van der Waals surface area contributed by atoms with Gasteiger partial charge in [0.25, 0.3) is 0 Å². The first-order valence-electron chi connectivity index (χ1n) is 6.40. The number of fused-ring (bicyclic) bond motifs is 1. The van der Waals surface area contributed by atoms with Gasteiger partial charge in [-0.1, -0.05) is 6.07 Å². The van der Waals surface area contributed by atoms with Crippen LogP contribution in [0.1, 0.15) is 0 Å². The summed E-state index contributed by atoms with van der Waals surface area (Å²) in [6.07, 6.45) is 1.59. The summed E-state index contributed by atoms with van der Waals surface area (Å²) in [6.45, 7) is 2.81. The van der Waals surface area contributed by atoms with Gasteiger partial charge in [-0.15, -0.1) is 0 Å². The van der Waals surface area contributed by atoms with E-state index in [0.29, 0.717) is 13.2 Å². The van der Waals surface area contributed by atoms with Crippen LogP contribution in [0, 0.1) is 0 Å². The van der Waals surface area contributed by atoms with Gasteiger partial charge >= 0.3 is 0 Å². The number of hydrogen-bond donors (Lipinski definition) is 0. The van der Waals surface area contributed by atoms with Crippen molar-refractivity contribution in [3.63, 3.8) is 0 Å². The fourth-order valence-corrected chi connectivity index (χ4v) is 2.48. The second-order valence-corrected chi connectivity index (χ2v) is 5.16. The third-order valence-corrected chi connectivity index (χ3v) is 3.66. The number of para-hydroxylation sites is 1. The number of ether oxygens (including phenoxy) is 2. The molecule has 0 amide bonds. The lowest BCUT2D eigenvalue weighted by atomic mass is 10.2. The van der Waals surface area contributed by atoms with Gasteiger partial charge in [0.2, 0.25) is 0 Å². The maximum atomic E-state index is 5.17. The first kappa shape index (κ1) is 15.2. The zero-order valence-electron chi connectivity index (χ0n) is 11.7. The standard InChI is InChI=1S/C14H18BrN3O2/c1-19-8-6-18(7-9-20-2)14-11-4-3-5-12(15)13(11)16-10-17-14/h3-5,10H,6-9H2,1-2H3. The smallest absolute Gasteiger partial charge is 0.140 e. The number of halogens is 1. The van der Waals surface area contributed by atoms with E-state index in [0.717, 1.165) is 34.3 Å². The summed E-state index contributed by atoms with van der Waals surface area (Å²) in [5.74, 6) is 0.908. The molecule has 1 aromatic heterocycles. The average molecular weight is 340 g/mol. The van der Waals surface area contributed by atoms with Crippen molar-refractivity contribution in [3.8, 4) is 0 Å². The molecule has 0 N–H and O–H groups in total. The van der Waals surface area contributed by atoms with Crippen LogP contribution in [0.3, 0.4) is 0 Å². The average Bonchev–Trinajstić information content (AvgIpc) is 2.48. The number of methoxy groups -OCH3 is 2. The molecule has 0 fully saturated rings. The van der Waals surface area contributed by atoms with E-state index in [-0.39, 0.29) is 0 Å². The molecule has 20 heavy (non-hydrogen) atoms. The predicted octanol–water partition coefficient (Wildman–Crippen LogP) is 2.49. The Hall–Kier alpha value is -1.24. The van der Waals surface area contributed by atoms with Crippen LogP contribution in [0.15, 0.2) is 29.0 Å². The second kappa shape index (κ2) is 7.52. The van der Waals surface area contributed by atoms with Crippen molar-refractivity contribution in [2.45, 2.75) is 0 Å². The molecule has 0 aliphatic heterocycles. The predicted molar refractivity (Wildman–Crippen MR) is 83.2 cm³/mol. The van der Waals surface area contributed by atoms with Crippen LogP contribution in [0.2, 0.25) is 0 Å². The SMILES string of the molecule is COCCN(CCOC)c1ncnc2c(Br)cccc12. The molecule has 1 heterocycles. The van der Waals surface area contributed by atoms with E-state index < -0.39 is 0 Å². The molecule has 0 radical (unpaired) electrons. The Morgan fingerprint density at radius 3 is 2.45 bits per heavy atom. The van der Waals surface area contributed by atoms with Gasteiger partial charge in [-0.25, -0.2) is 9.97 Å². The van der Waals surface area contributed by atoms with Gasteiger partial charge in [0, 0.05) is 37.2 Å². The zero-order valence-corrected chi connectivity index (χ0v) is 13.3. The largest absolute Gasteiger partial charge is 0.383 e. The molecule has 0 atom stereocenters. The molecule has 0 saturated carbocycles. The molecule has 5 nitrogen and oxygen atoms in total. The van der Waals surface area contributed by atoms with Crippen molar-refractivity contribution < 1.29 is 9.47 Å². The van der Waals surface area contributed by atoms with E-state index in [9.17, 15) is 0 Å². The van der Waals surface area contributed by atoms with Gasteiger partial charge in [-0.05, 0) is 28.1 Å². The molecular formula is C14H18BrN3O2. The molecule has 2 aromatic rings. The summed E-state index contributed by atoms with van der Waals surface area (Å²) < 4.78 is 11.3. The van der Waals surface area contributed by atoms with Gasteiger partial charge in [0.05, 0.1) is 18.7 Å². The van der Waals surface area contributed by atoms with Crippen LogP contribution in [-0.4, -0.2) is 50.5 Å². The quantitative estimate of drug-likeness (QED) is 0.775. The van der Waals surface area contributed by atoms with Crippen molar-refractivity contribution in [2.75, 3.05) is 45.4 Å². The molecule has 0 spiro atoms. The van der Waals surface area contributed by atoms with Gasteiger partial charge in [0.15, 0.2) is 0 Å². The highest BCUT2D eigenvalue weighted by Crippen LogP contribution is 2.27. The molecule has 2 rings (SSSR count). The summed E-state index contributed by atoms with van der Waals surface area (Å²) >= 11 is 3.53. The number of rotatable bonds is 7. The Morgan fingerprint density at radius 1 is 1.10 bits per heavy atom. The van der Waals surface area contributed by atoms with Crippen LogP contribution in [0.4, 0.5) is 5.82 Å². The van der Waals surface area contributed by atoms with Crippen molar-refractivity contribution in [3.05, 3.63) is 29.0 Å². The fourth-order valence-electron chi connectivity index (χ4n) is 2.02. The van der Waals surface area contributed by atoms with E-state index >= 15 is 0 Å². The Kier molecular flexibility index (Phi) is 5.70. The summed E-state index contributed by atoms with van der Waals surface area (Å²) in [5.41, 5.74) is 0.914. The highest BCUT2D eigenvalue weighted by molar-refractivity contribution is 9.10. The van der Waals surface area contributed by atoms with Crippen LogP contribution in [0.25, 0.3) is 10.9 Å². The lowest BCUT2D eigenvalue weighted by Crippen LogP contribution is -2.31. The third-order valence-electron chi connectivity index (χ3n) is 3.02. The molecule has 6 heteroatoms. The van der Waals surface area contributed by atoms with Crippen LogP contribution in [0.5, 0.6) is 0 Å². The summed E-state index contributed by atoms with van der Waals surface area (Å²) in [4.78, 5) is 10.9. The van der Waals surface area contributed by atoms with Crippen molar-refractivity contribution >= 4 is 32.7 Å². The van der Waals surface area contributed by atoms with Crippen LogP contribution in [-0.2, 0) is 9.47 Å². The minimum absolute atomic E-state index is 0.642. The Morgan fingerprint density at radius 2 is 1.80 bits per heavy atom. The first-order chi connectivity index (χ1) is 9.77. The molecule has 0 saturated heterocycles. The van der Waals surface area contributed by atoms with Gasteiger partial charge in [-0.3, -0.25) is 0 Å². The number of nitrogens with zero attached hydrogens (tertiary/aromatic N) is 3. The highest BCUT2D eigenvalue weighted by atomic mass is 79.9. The van der Waals surface area contributed by atoms with Crippen molar-refractivity contribution in [1.29, 1.82) is 0 Å². The van der Waals surface area contributed by atoms with Gasteiger partial charge in [0.1, 0.15) is 12.1 Å². The van der Waals surface area contributed by atoms with E-state index in [4.69, 9.17) is 9.47 Å². The normalized spacial score (nSPS) is 10.9. The molecular weight excluding hydrogens is 322 g/mol. The molecule has 0 aliphatic rings. The molecule has 108 valence electrons. The Balaban J connectivity index is 2.38. The Labute approximate surface area is 127 Å². The number of benzene rings is 1. The first-order valence-corrected chi connectivity index (χ1v) is 7.19. The summed E-state index contributed by atoms with van der Waals surface area (Å²) in [5, 5.41) is 1.02. The monoisotopic (exact) mass is 339 g/mol. The van der Waals surface area contributed by atoms with Gasteiger partial charge in [-0.2, -0.15) is 0 Å². The molecule has 0 unspecified atom stereocenters. The fraction of sp³-hybridized carbons (Fsp3) is 0.429. The molecule has 1 aromatic carbocycles. The number of hydrogen-bond acceptors (Lipinski definition) is 5. The van der Waals surface area contributed by atoms with E-state index in [1.54, 1.807) is 20.5 Å². The lowest BCUT2D eigenvalue weighted by Gasteiger charge is -2.24. The molecule has 0 aliphatic carbocycles. The lowest BCUT2D eigenvalue weighted by molar-refractivity contribution is 0.190. The van der Waals surface area contributed by atoms with Crippen molar-refractivity contribution in [1.82, 2.24) is 9.97 Å². The van der Waals surface area contributed by atoms with Crippen LogP contribution < -0.4 is 4.90 Å². The van der Waals surface area contributed by atoms with Crippen LogP contribution >= 0.6 is 15.9 Å². The van der Waals surface area contributed by atoms with E-state index in [1.165, 1.54) is 0 Å². The summed E-state index contributed by atoms with van der Waals surface area (Å²) in [6, 6.07) is 6.00. The molecule has 0 bridgehead atoms. The van der Waals surface area contributed by atoms with E-state index in [1.807, 2.05) is 18.2 Å². The maximum Gasteiger partial charge on any atom is 0.140 e. The Bertz CT molecular complexity index is 557. The third kappa shape index (κ3) is 3.45. The topological polar surface area (TPSA) is 47.5 Å². The number of aromatic nitrogens is 2. The maximum absolute atomic E-state index is 5.17. The zero-order chi connectivity index (χ0) is 14.4. The second-order valence-electron chi connectivity index (χ2n) is 4.31. The summed E-state index contributed by atoms with van der Waals surface area (Å²) in [7, 11) is 3.40.